The van der Waals surface area contributed by atoms with Gasteiger partial charge in [0.15, 0.2) is 11.5 Å². The van der Waals surface area contributed by atoms with Crippen molar-refractivity contribution < 1.29 is 28.2 Å². The van der Waals surface area contributed by atoms with Crippen molar-refractivity contribution in [1.82, 2.24) is 9.55 Å². The smallest absolute Gasteiger partial charge is 0.353 e. The van der Waals surface area contributed by atoms with E-state index in [2.05, 4.69) is 4.98 Å². The third-order valence-electron chi connectivity index (χ3n) is 5.36. The molecule has 3 heterocycles. The van der Waals surface area contributed by atoms with Crippen molar-refractivity contribution in [1.29, 1.82) is 0 Å². The maximum absolute atomic E-state index is 14.4. The number of aromatic amines is 1. The topological polar surface area (TPSA) is 93.6 Å². The number of nitrogens with zero attached hydrogens (tertiary/aromatic N) is 1. The highest BCUT2D eigenvalue weighted by Gasteiger charge is 2.30. The largest absolute Gasteiger partial charge is 0.486 e. The van der Waals surface area contributed by atoms with Crippen LogP contribution in [-0.2, 0) is 6.54 Å². The van der Waals surface area contributed by atoms with E-state index in [1.165, 1.54) is 16.8 Å². The summed E-state index contributed by atoms with van der Waals surface area (Å²) in [4.78, 5) is 27.6. The molecule has 1 aliphatic rings. The molecule has 32 heavy (non-hydrogen) atoms. The molecule has 0 amide bonds. The van der Waals surface area contributed by atoms with Crippen molar-refractivity contribution >= 4 is 16.9 Å². The Morgan fingerprint density at radius 3 is 2.72 bits per heavy atom. The van der Waals surface area contributed by atoms with E-state index >= 15 is 0 Å². The van der Waals surface area contributed by atoms with Crippen LogP contribution in [0.25, 0.3) is 22.0 Å². The zero-order chi connectivity index (χ0) is 22.4. The van der Waals surface area contributed by atoms with Crippen LogP contribution >= 0.6 is 0 Å². The minimum atomic E-state index is -1.33. The van der Waals surface area contributed by atoms with Crippen molar-refractivity contribution in [2.75, 3.05) is 13.2 Å². The van der Waals surface area contributed by atoms with E-state index in [-0.39, 0.29) is 35.5 Å². The Morgan fingerprint density at radius 2 is 1.94 bits per heavy atom. The summed E-state index contributed by atoms with van der Waals surface area (Å²) in [7, 11) is 0. The molecule has 7 nitrogen and oxygen atoms in total. The Balaban J connectivity index is 1.90. The fourth-order valence-electron chi connectivity index (χ4n) is 4.05. The number of rotatable bonds is 4. The Kier molecular flexibility index (Phi) is 4.66. The molecule has 2 aromatic carbocycles. The molecule has 2 aromatic heterocycles. The molecule has 0 saturated heterocycles. The van der Waals surface area contributed by atoms with Crippen molar-refractivity contribution in [2.45, 2.75) is 6.54 Å². The summed E-state index contributed by atoms with van der Waals surface area (Å²) in [5.74, 6) is -1.96. The summed E-state index contributed by atoms with van der Waals surface area (Å²) >= 11 is 0. The molecule has 0 aliphatic carbocycles. The minimum Gasteiger partial charge on any atom is -0.486 e. The van der Waals surface area contributed by atoms with Crippen molar-refractivity contribution in [2.24, 2.45) is 0 Å². The molecule has 0 spiro atoms. The van der Waals surface area contributed by atoms with Gasteiger partial charge in [-0.2, -0.15) is 0 Å². The summed E-state index contributed by atoms with van der Waals surface area (Å²) < 4.78 is 41.0. The summed E-state index contributed by atoms with van der Waals surface area (Å²) in [6.45, 7) is 0.287. The van der Waals surface area contributed by atoms with Crippen molar-refractivity contribution in [3.8, 4) is 22.6 Å². The molecule has 0 fully saturated rings. The monoisotopic (exact) mass is 438 g/mol. The van der Waals surface area contributed by atoms with E-state index in [0.29, 0.717) is 29.0 Å². The van der Waals surface area contributed by atoms with Crippen molar-refractivity contribution in [3.63, 3.8) is 0 Å². The number of aromatic nitrogens is 2. The van der Waals surface area contributed by atoms with Crippen LogP contribution in [0.15, 0.2) is 53.5 Å². The Hall–Kier alpha value is -4.14. The number of ether oxygens (including phenoxy) is 2. The molecule has 0 saturated carbocycles. The number of H-pyrrole nitrogens is 1. The second-order valence-corrected chi connectivity index (χ2v) is 7.25. The van der Waals surface area contributed by atoms with Crippen LogP contribution in [0.3, 0.4) is 0 Å². The molecule has 4 aromatic rings. The number of aromatic carboxylic acids is 1. The lowest BCUT2D eigenvalue weighted by Crippen LogP contribution is -2.15. The number of fused-ring (bicyclic) bond motifs is 3. The predicted molar refractivity (Wildman–Crippen MR) is 111 cm³/mol. The maximum Gasteiger partial charge on any atom is 0.353 e. The van der Waals surface area contributed by atoms with Gasteiger partial charge in [-0.1, -0.05) is 0 Å². The Morgan fingerprint density at radius 1 is 1.12 bits per heavy atom. The second kappa shape index (κ2) is 7.52. The lowest BCUT2D eigenvalue weighted by atomic mass is 10.0. The zero-order valence-corrected chi connectivity index (χ0v) is 16.5. The van der Waals surface area contributed by atoms with Crippen LogP contribution in [0.1, 0.15) is 16.1 Å². The van der Waals surface area contributed by atoms with Crippen LogP contribution < -0.4 is 15.0 Å². The van der Waals surface area contributed by atoms with Gasteiger partial charge in [0.2, 0.25) is 0 Å². The van der Waals surface area contributed by atoms with E-state index in [0.717, 1.165) is 18.2 Å². The number of nitrogens with one attached hydrogen (secondary N) is 1. The molecule has 2 N–H and O–H groups in total. The molecule has 9 heteroatoms. The van der Waals surface area contributed by atoms with Crippen LogP contribution in [0.4, 0.5) is 8.78 Å². The van der Waals surface area contributed by atoms with Gasteiger partial charge in [0, 0.05) is 17.3 Å². The van der Waals surface area contributed by atoms with E-state index in [1.807, 2.05) is 0 Å². The molecule has 162 valence electrons. The number of pyridine rings is 1. The summed E-state index contributed by atoms with van der Waals surface area (Å²) in [5, 5.41) is 10.5. The number of carboxylic acid groups (broad SMARTS) is 1. The molecule has 0 radical (unpaired) electrons. The molecule has 0 atom stereocenters. The third-order valence-corrected chi connectivity index (χ3v) is 5.36. The van der Waals surface area contributed by atoms with E-state index < -0.39 is 23.2 Å². The predicted octanol–water partition coefficient (Wildman–Crippen LogP) is 3.79. The first-order valence-corrected chi connectivity index (χ1v) is 9.76. The first-order valence-electron chi connectivity index (χ1n) is 9.76. The number of benzene rings is 2. The highest BCUT2D eigenvalue weighted by molar-refractivity contribution is 6.11. The highest BCUT2D eigenvalue weighted by atomic mass is 19.1. The van der Waals surface area contributed by atoms with Crippen LogP contribution in [0.2, 0.25) is 0 Å². The lowest BCUT2D eigenvalue weighted by molar-refractivity contribution is 0.0687. The average Bonchev–Trinajstić information content (AvgIpc) is 3.11. The Labute approximate surface area is 179 Å². The number of hydrogen-bond acceptors (Lipinski definition) is 4. The van der Waals surface area contributed by atoms with Crippen LogP contribution in [-0.4, -0.2) is 33.8 Å². The molecule has 0 unspecified atom stereocenters. The molecule has 1 aliphatic heterocycles. The normalized spacial score (nSPS) is 12.8. The van der Waals surface area contributed by atoms with Gasteiger partial charge in [-0.25, -0.2) is 13.6 Å². The quantitative estimate of drug-likeness (QED) is 0.506. The van der Waals surface area contributed by atoms with Gasteiger partial charge in [-0.15, -0.1) is 0 Å². The molecular formula is C23H16F2N2O5. The number of halogens is 2. The SMILES string of the molecule is O=C(O)c1c(-c2ccc[nH]c2=O)c2c3c(ccc2n1Cc1cc(F)ccc1F)OCCO3. The second-order valence-electron chi connectivity index (χ2n) is 7.25. The summed E-state index contributed by atoms with van der Waals surface area (Å²) in [5.41, 5.74) is -0.172. The van der Waals surface area contributed by atoms with Gasteiger partial charge in [-0.05, 0) is 42.5 Å². The van der Waals surface area contributed by atoms with Gasteiger partial charge in [0.05, 0.1) is 23.0 Å². The van der Waals surface area contributed by atoms with E-state index in [4.69, 9.17) is 9.47 Å². The standard InChI is InChI=1S/C23H16F2N2O5/c24-13-3-4-15(25)12(10-13)11-27-16-5-6-17-21(32-9-8-31-17)19(16)18(20(27)23(29)30)14-2-1-7-26-22(14)28/h1-7,10H,8-9,11H2,(H,26,28)(H,29,30). The molecular weight excluding hydrogens is 422 g/mol. The highest BCUT2D eigenvalue weighted by Crippen LogP contribution is 2.45. The fraction of sp³-hybridized carbons (Fsp3) is 0.130. The van der Waals surface area contributed by atoms with Gasteiger partial charge < -0.3 is 24.1 Å². The lowest BCUT2D eigenvalue weighted by Gasteiger charge is -2.19. The van der Waals surface area contributed by atoms with Crippen LogP contribution in [0, 0.1) is 11.6 Å². The number of hydrogen-bond donors (Lipinski definition) is 2. The molecule has 5 rings (SSSR count). The number of carboxylic acids is 1. The molecule has 0 bridgehead atoms. The first-order chi connectivity index (χ1) is 15.5. The average molecular weight is 438 g/mol. The van der Waals surface area contributed by atoms with Crippen molar-refractivity contribution in [3.05, 3.63) is 81.9 Å². The first kappa shape index (κ1) is 19.8. The minimum absolute atomic E-state index is 0.0344. The van der Waals surface area contributed by atoms with Gasteiger partial charge in [0.25, 0.3) is 5.56 Å². The van der Waals surface area contributed by atoms with E-state index in [1.54, 1.807) is 18.2 Å². The van der Waals surface area contributed by atoms with Gasteiger partial charge in [-0.3, -0.25) is 4.79 Å². The van der Waals surface area contributed by atoms with Gasteiger partial charge in [0.1, 0.15) is 30.5 Å². The Bertz CT molecular complexity index is 1440. The fourth-order valence-corrected chi connectivity index (χ4v) is 4.05. The van der Waals surface area contributed by atoms with E-state index in [9.17, 15) is 23.5 Å². The summed E-state index contributed by atoms with van der Waals surface area (Å²) in [6.07, 6.45) is 1.43. The van der Waals surface area contributed by atoms with Gasteiger partial charge >= 0.3 is 5.97 Å². The summed E-state index contributed by atoms with van der Waals surface area (Å²) in [6, 6.07) is 9.30. The zero-order valence-electron chi connectivity index (χ0n) is 16.5. The number of carbonyl (C=O) groups is 1. The maximum atomic E-state index is 14.4. The third kappa shape index (κ3) is 3.09. The van der Waals surface area contributed by atoms with Crippen LogP contribution in [0.5, 0.6) is 11.5 Å².